The maximum atomic E-state index is 6.47. The Kier molecular flexibility index (Phi) is 4.26. The van der Waals surface area contributed by atoms with Crippen LogP contribution < -0.4 is 0 Å². The SMILES string of the molecule is Clc1nc(-c2ccccc2)n(Cc2ccccc2)c1Cc1nn[nH]n1. The summed E-state index contributed by atoms with van der Waals surface area (Å²) in [7, 11) is 0. The number of rotatable bonds is 5. The van der Waals surface area contributed by atoms with Gasteiger partial charge in [-0.2, -0.15) is 5.21 Å². The lowest BCUT2D eigenvalue weighted by atomic mass is 10.2. The number of hydrogen-bond donors (Lipinski definition) is 1. The quantitative estimate of drug-likeness (QED) is 0.599. The van der Waals surface area contributed by atoms with Gasteiger partial charge in [-0.3, -0.25) is 0 Å². The van der Waals surface area contributed by atoms with Gasteiger partial charge in [0, 0.05) is 12.1 Å². The van der Waals surface area contributed by atoms with E-state index in [-0.39, 0.29) is 0 Å². The van der Waals surface area contributed by atoms with E-state index >= 15 is 0 Å². The smallest absolute Gasteiger partial charge is 0.180 e. The van der Waals surface area contributed by atoms with Crippen LogP contribution in [0.15, 0.2) is 60.7 Å². The number of halogens is 1. The van der Waals surface area contributed by atoms with Crippen LogP contribution in [0.25, 0.3) is 11.4 Å². The highest BCUT2D eigenvalue weighted by molar-refractivity contribution is 6.30. The Morgan fingerprint density at radius 2 is 1.68 bits per heavy atom. The van der Waals surface area contributed by atoms with Crippen LogP contribution in [0.2, 0.25) is 5.15 Å². The predicted molar refractivity (Wildman–Crippen MR) is 95.2 cm³/mol. The third-order valence-corrected chi connectivity index (χ3v) is 4.26. The van der Waals surface area contributed by atoms with E-state index < -0.39 is 0 Å². The number of imidazole rings is 1. The Balaban J connectivity index is 1.81. The molecule has 0 saturated carbocycles. The van der Waals surface area contributed by atoms with Crippen LogP contribution in [0.3, 0.4) is 0 Å². The van der Waals surface area contributed by atoms with Crippen LogP contribution in [0.4, 0.5) is 0 Å². The van der Waals surface area contributed by atoms with Gasteiger partial charge in [-0.05, 0) is 5.56 Å². The highest BCUT2D eigenvalue weighted by Gasteiger charge is 2.19. The van der Waals surface area contributed by atoms with Crippen molar-refractivity contribution in [1.82, 2.24) is 30.2 Å². The molecular weight excluding hydrogens is 336 g/mol. The number of nitrogens with zero attached hydrogens (tertiary/aromatic N) is 5. The van der Waals surface area contributed by atoms with Crippen LogP contribution in [0, 0.1) is 0 Å². The summed E-state index contributed by atoms with van der Waals surface area (Å²) in [6.07, 6.45) is 0.460. The third-order valence-electron chi connectivity index (χ3n) is 3.95. The van der Waals surface area contributed by atoms with Gasteiger partial charge in [0.15, 0.2) is 11.0 Å². The molecule has 0 spiro atoms. The van der Waals surface area contributed by atoms with Crippen LogP contribution in [0.5, 0.6) is 0 Å². The standard InChI is InChI=1S/C18H15ClN6/c19-17-15(11-16-21-23-24-22-16)25(12-13-7-3-1-4-8-13)18(20-17)14-9-5-2-6-10-14/h1-10H,11-12H2,(H,21,22,23,24). The van der Waals surface area contributed by atoms with Crippen molar-refractivity contribution in [3.05, 3.63) is 82.9 Å². The molecule has 0 fully saturated rings. The Bertz CT molecular complexity index is 948. The second kappa shape index (κ2) is 6.86. The van der Waals surface area contributed by atoms with Crippen molar-refractivity contribution in [1.29, 1.82) is 0 Å². The molecule has 0 aliphatic carbocycles. The lowest BCUT2D eigenvalue weighted by Crippen LogP contribution is -2.08. The zero-order valence-corrected chi connectivity index (χ0v) is 14.1. The molecule has 0 unspecified atom stereocenters. The zero-order valence-electron chi connectivity index (χ0n) is 13.3. The topological polar surface area (TPSA) is 72.3 Å². The van der Waals surface area contributed by atoms with Crippen molar-refractivity contribution in [3.63, 3.8) is 0 Å². The maximum Gasteiger partial charge on any atom is 0.180 e. The third kappa shape index (κ3) is 3.29. The van der Waals surface area contributed by atoms with Gasteiger partial charge in [-0.1, -0.05) is 77.5 Å². The fourth-order valence-corrected chi connectivity index (χ4v) is 3.03. The summed E-state index contributed by atoms with van der Waals surface area (Å²) in [5.41, 5.74) is 3.05. The summed E-state index contributed by atoms with van der Waals surface area (Å²) in [6.45, 7) is 0.665. The molecule has 6 nitrogen and oxygen atoms in total. The van der Waals surface area contributed by atoms with E-state index in [1.807, 2.05) is 48.5 Å². The summed E-state index contributed by atoms with van der Waals surface area (Å²) in [5, 5.41) is 14.6. The van der Waals surface area contributed by atoms with Crippen molar-refractivity contribution in [3.8, 4) is 11.4 Å². The lowest BCUT2D eigenvalue weighted by molar-refractivity contribution is 0.751. The van der Waals surface area contributed by atoms with Gasteiger partial charge < -0.3 is 4.57 Å². The summed E-state index contributed by atoms with van der Waals surface area (Å²) >= 11 is 6.47. The Hall–Kier alpha value is -2.99. The van der Waals surface area contributed by atoms with Crippen molar-refractivity contribution >= 4 is 11.6 Å². The molecule has 0 aliphatic heterocycles. The molecule has 0 amide bonds. The van der Waals surface area contributed by atoms with Crippen LogP contribution >= 0.6 is 11.6 Å². The van der Waals surface area contributed by atoms with E-state index in [1.165, 1.54) is 5.56 Å². The van der Waals surface area contributed by atoms with Crippen LogP contribution in [-0.2, 0) is 13.0 Å². The summed E-state index contributed by atoms with van der Waals surface area (Å²) in [5.74, 6) is 1.41. The number of H-pyrrole nitrogens is 1. The zero-order chi connectivity index (χ0) is 17.1. The van der Waals surface area contributed by atoms with E-state index in [1.54, 1.807) is 0 Å². The second-order valence-electron chi connectivity index (χ2n) is 5.62. The van der Waals surface area contributed by atoms with Crippen molar-refractivity contribution in [2.45, 2.75) is 13.0 Å². The second-order valence-corrected chi connectivity index (χ2v) is 5.97. The number of nitrogens with one attached hydrogen (secondary N) is 1. The number of benzene rings is 2. The minimum absolute atomic E-state index is 0.458. The van der Waals surface area contributed by atoms with Crippen molar-refractivity contribution in [2.24, 2.45) is 0 Å². The van der Waals surface area contributed by atoms with Gasteiger partial charge in [-0.15, -0.1) is 10.2 Å². The van der Waals surface area contributed by atoms with Crippen LogP contribution in [-0.4, -0.2) is 30.2 Å². The van der Waals surface area contributed by atoms with E-state index in [4.69, 9.17) is 11.6 Å². The molecule has 2 aromatic heterocycles. The Morgan fingerprint density at radius 3 is 2.36 bits per heavy atom. The largest absolute Gasteiger partial charge is 0.322 e. The number of tetrazole rings is 1. The molecular formula is C18H15ClN6. The molecule has 4 rings (SSSR count). The number of aromatic amines is 1. The van der Waals surface area contributed by atoms with Gasteiger partial charge in [0.05, 0.1) is 12.1 Å². The first-order chi connectivity index (χ1) is 12.3. The molecule has 0 saturated heterocycles. The summed E-state index contributed by atoms with van der Waals surface area (Å²) in [4.78, 5) is 4.60. The highest BCUT2D eigenvalue weighted by atomic mass is 35.5. The first-order valence-electron chi connectivity index (χ1n) is 7.88. The van der Waals surface area contributed by atoms with Gasteiger partial charge in [0.2, 0.25) is 0 Å². The molecule has 0 radical (unpaired) electrons. The number of aromatic nitrogens is 6. The molecule has 0 bridgehead atoms. The average Bonchev–Trinajstić information content (AvgIpc) is 3.27. The molecule has 0 aliphatic rings. The fourth-order valence-electron chi connectivity index (χ4n) is 2.78. The minimum atomic E-state index is 0.458. The van der Waals surface area contributed by atoms with Crippen molar-refractivity contribution < 1.29 is 0 Å². The van der Waals surface area contributed by atoms with Gasteiger partial charge >= 0.3 is 0 Å². The van der Waals surface area contributed by atoms with Gasteiger partial charge in [0.1, 0.15) is 5.82 Å². The molecule has 2 heterocycles. The first kappa shape index (κ1) is 15.5. The highest BCUT2D eigenvalue weighted by Crippen LogP contribution is 2.27. The molecule has 0 atom stereocenters. The normalized spacial score (nSPS) is 10.9. The summed E-state index contributed by atoms with van der Waals surface area (Å²) in [6, 6.07) is 20.2. The minimum Gasteiger partial charge on any atom is -0.322 e. The van der Waals surface area contributed by atoms with E-state index in [9.17, 15) is 0 Å². The van der Waals surface area contributed by atoms with E-state index in [0.717, 1.165) is 17.1 Å². The van der Waals surface area contributed by atoms with Gasteiger partial charge in [0.25, 0.3) is 0 Å². The Labute approximate surface area is 149 Å². The lowest BCUT2D eigenvalue weighted by Gasteiger charge is -2.12. The van der Waals surface area contributed by atoms with Crippen molar-refractivity contribution in [2.75, 3.05) is 0 Å². The number of hydrogen-bond acceptors (Lipinski definition) is 4. The molecule has 2 aromatic carbocycles. The Morgan fingerprint density at radius 1 is 0.960 bits per heavy atom. The maximum absolute atomic E-state index is 6.47. The van der Waals surface area contributed by atoms with E-state index in [0.29, 0.717) is 23.9 Å². The predicted octanol–water partition coefficient (Wildman–Crippen LogP) is 3.36. The fraction of sp³-hybridized carbons (Fsp3) is 0.111. The van der Waals surface area contributed by atoms with Crippen LogP contribution in [0.1, 0.15) is 17.1 Å². The monoisotopic (exact) mass is 350 g/mol. The molecule has 7 heteroatoms. The first-order valence-corrected chi connectivity index (χ1v) is 8.25. The average molecular weight is 351 g/mol. The van der Waals surface area contributed by atoms with E-state index in [2.05, 4.69) is 42.3 Å². The molecule has 4 aromatic rings. The molecule has 25 heavy (non-hydrogen) atoms. The van der Waals surface area contributed by atoms with Gasteiger partial charge in [-0.25, -0.2) is 4.98 Å². The molecule has 124 valence electrons. The molecule has 1 N–H and O–H groups in total. The summed E-state index contributed by atoms with van der Waals surface area (Å²) < 4.78 is 2.11.